The van der Waals surface area contributed by atoms with Crippen molar-refractivity contribution in [3.63, 3.8) is 0 Å². The lowest BCUT2D eigenvalue weighted by molar-refractivity contribution is -0.117. The van der Waals surface area contributed by atoms with Gasteiger partial charge in [-0.2, -0.15) is 0 Å². The minimum atomic E-state index is -0.731. The third-order valence-corrected chi connectivity index (χ3v) is 3.12. The number of carbonyl (C=O) groups is 2. The van der Waals surface area contributed by atoms with Gasteiger partial charge in [0, 0.05) is 0 Å². The van der Waals surface area contributed by atoms with Gasteiger partial charge >= 0.3 is 0 Å². The maximum atomic E-state index is 12.1. The predicted octanol–water partition coefficient (Wildman–Crippen LogP) is 1.91. The second-order valence-corrected chi connectivity index (χ2v) is 4.76. The highest BCUT2D eigenvalue weighted by atomic mass is 16.3. The molecule has 3 rings (SSSR count). The zero-order chi connectivity index (χ0) is 15.5. The molecule has 0 saturated carbocycles. The molecular weight excluding hydrogens is 284 g/mol. The molecule has 2 aromatic heterocycles. The number of fused-ring (bicyclic) bond motifs is 1. The molecule has 0 aliphatic heterocycles. The van der Waals surface area contributed by atoms with Crippen LogP contribution in [-0.4, -0.2) is 27.8 Å². The molecule has 3 N–H and O–H groups in total. The van der Waals surface area contributed by atoms with Crippen LogP contribution < -0.4 is 10.6 Å². The average Bonchev–Trinajstić information content (AvgIpc) is 3.15. The van der Waals surface area contributed by atoms with E-state index in [1.807, 2.05) is 24.3 Å². The van der Waals surface area contributed by atoms with Crippen molar-refractivity contribution >= 4 is 28.8 Å². The van der Waals surface area contributed by atoms with E-state index in [0.29, 0.717) is 5.95 Å². The Morgan fingerprint density at radius 3 is 2.77 bits per heavy atom. The smallest absolute Gasteiger partial charge is 0.287 e. The normalized spacial score (nSPS) is 12.0. The Hall–Kier alpha value is -3.09. The first-order valence-electron chi connectivity index (χ1n) is 6.73. The summed E-state index contributed by atoms with van der Waals surface area (Å²) in [7, 11) is 0. The van der Waals surface area contributed by atoms with Gasteiger partial charge < -0.3 is 14.7 Å². The summed E-state index contributed by atoms with van der Waals surface area (Å²) in [5.41, 5.74) is 1.58. The van der Waals surface area contributed by atoms with Gasteiger partial charge in [-0.1, -0.05) is 12.1 Å². The Kier molecular flexibility index (Phi) is 3.61. The van der Waals surface area contributed by atoms with Crippen molar-refractivity contribution in [1.82, 2.24) is 15.3 Å². The average molecular weight is 298 g/mol. The summed E-state index contributed by atoms with van der Waals surface area (Å²) >= 11 is 0. The number of amides is 2. The molecule has 2 heterocycles. The van der Waals surface area contributed by atoms with Crippen LogP contribution in [0.2, 0.25) is 0 Å². The Morgan fingerprint density at radius 1 is 1.23 bits per heavy atom. The van der Waals surface area contributed by atoms with Crippen LogP contribution in [0.5, 0.6) is 0 Å². The van der Waals surface area contributed by atoms with E-state index in [1.54, 1.807) is 13.0 Å². The number of nitrogens with zero attached hydrogens (tertiary/aromatic N) is 1. The molecule has 7 heteroatoms. The van der Waals surface area contributed by atoms with E-state index < -0.39 is 11.9 Å². The van der Waals surface area contributed by atoms with Gasteiger partial charge in [0.1, 0.15) is 6.04 Å². The number of aromatic amines is 1. The van der Waals surface area contributed by atoms with Gasteiger partial charge in [-0.15, -0.1) is 0 Å². The number of benzene rings is 1. The van der Waals surface area contributed by atoms with Crippen molar-refractivity contribution in [1.29, 1.82) is 0 Å². The number of aromatic nitrogens is 2. The SMILES string of the molecule is CC(NC(=O)c1ccco1)C(=O)Nc1nc2ccccc2[nH]1. The van der Waals surface area contributed by atoms with E-state index in [-0.39, 0.29) is 11.7 Å². The molecule has 1 aromatic carbocycles. The maximum Gasteiger partial charge on any atom is 0.287 e. The predicted molar refractivity (Wildman–Crippen MR) is 80.4 cm³/mol. The number of hydrogen-bond donors (Lipinski definition) is 3. The molecule has 2 amide bonds. The summed E-state index contributed by atoms with van der Waals surface area (Å²) in [6.07, 6.45) is 1.40. The van der Waals surface area contributed by atoms with E-state index in [0.717, 1.165) is 11.0 Å². The quantitative estimate of drug-likeness (QED) is 0.685. The van der Waals surface area contributed by atoms with Gasteiger partial charge in [0.2, 0.25) is 11.9 Å². The van der Waals surface area contributed by atoms with Crippen molar-refractivity contribution in [3.05, 3.63) is 48.4 Å². The molecule has 0 aliphatic rings. The lowest BCUT2D eigenvalue weighted by Crippen LogP contribution is -2.41. The third-order valence-electron chi connectivity index (χ3n) is 3.12. The summed E-state index contributed by atoms with van der Waals surface area (Å²) in [6, 6.07) is 9.84. The molecule has 0 aliphatic carbocycles. The van der Waals surface area contributed by atoms with Crippen molar-refractivity contribution in [2.24, 2.45) is 0 Å². The number of carbonyl (C=O) groups excluding carboxylic acids is 2. The molecular formula is C15H14N4O3. The summed E-state index contributed by atoms with van der Waals surface area (Å²) in [6.45, 7) is 1.58. The lowest BCUT2D eigenvalue weighted by atomic mass is 10.3. The third kappa shape index (κ3) is 2.83. The fraction of sp³-hybridized carbons (Fsp3) is 0.133. The molecule has 0 bridgehead atoms. The summed E-state index contributed by atoms with van der Waals surface area (Å²) in [5.74, 6) is -0.329. The summed E-state index contributed by atoms with van der Waals surface area (Å²) in [5, 5.41) is 5.18. The van der Waals surface area contributed by atoms with Crippen molar-refractivity contribution in [2.75, 3.05) is 5.32 Å². The van der Waals surface area contributed by atoms with Gasteiger partial charge in [-0.3, -0.25) is 14.9 Å². The van der Waals surface area contributed by atoms with Crippen molar-refractivity contribution in [3.8, 4) is 0 Å². The number of rotatable bonds is 4. The number of H-pyrrole nitrogens is 1. The largest absolute Gasteiger partial charge is 0.459 e. The van der Waals surface area contributed by atoms with Crippen LogP contribution in [0.4, 0.5) is 5.95 Å². The van der Waals surface area contributed by atoms with Crippen LogP contribution in [0, 0.1) is 0 Å². The molecule has 22 heavy (non-hydrogen) atoms. The molecule has 112 valence electrons. The van der Waals surface area contributed by atoms with Crippen molar-refractivity contribution in [2.45, 2.75) is 13.0 Å². The van der Waals surface area contributed by atoms with Gasteiger partial charge in [-0.25, -0.2) is 4.98 Å². The van der Waals surface area contributed by atoms with Crippen LogP contribution in [0.15, 0.2) is 47.1 Å². The minimum Gasteiger partial charge on any atom is -0.459 e. The fourth-order valence-corrected chi connectivity index (χ4v) is 1.98. The number of imidazole rings is 1. The monoisotopic (exact) mass is 298 g/mol. The van der Waals surface area contributed by atoms with Crippen molar-refractivity contribution < 1.29 is 14.0 Å². The second-order valence-electron chi connectivity index (χ2n) is 4.76. The van der Waals surface area contributed by atoms with Crippen LogP contribution in [0.25, 0.3) is 11.0 Å². The highest BCUT2D eigenvalue weighted by Gasteiger charge is 2.19. The van der Waals surface area contributed by atoms with Crippen LogP contribution in [0.1, 0.15) is 17.5 Å². The van der Waals surface area contributed by atoms with Crippen LogP contribution in [0.3, 0.4) is 0 Å². The van der Waals surface area contributed by atoms with Gasteiger partial charge in [0.15, 0.2) is 5.76 Å². The molecule has 1 atom stereocenters. The van der Waals surface area contributed by atoms with Gasteiger partial charge in [0.25, 0.3) is 5.91 Å². The highest BCUT2D eigenvalue weighted by Crippen LogP contribution is 2.13. The Morgan fingerprint density at radius 2 is 2.05 bits per heavy atom. The van der Waals surface area contributed by atoms with E-state index in [2.05, 4.69) is 20.6 Å². The minimum absolute atomic E-state index is 0.156. The van der Waals surface area contributed by atoms with E-state index in [4.69, 9.17) is 4.42 Å². The van der Waals surface area contributed by atoms with E-state index >= 15 is 0 Å². The first-order valence-corrected chi connectivity index (χ1v) is 6.73. The number of para-hydroxylation sites is 2. The lowest BCUT2D eigenvalue weighted by Gasteiger charge is -2.11. The van der Waals surface area contributed by atoms with Gasteiger partial charge in [-0.05, 0) is 31.2 Å². The van der Waals surface area contributed by atoms with E-state index in [1.165, 1.54) is 12.3 Å². The molecule has 1 unspecified atom stereocenters. The summed E-state index contributed by atoms with van der Waals surface area (Å²) < 4.78 is 4.97. The number of anilines is 1. The topological polar surface area (TPSA) is 100 Å². The Bertz CT molecular complexity index is 774. The maximum absolute atomic E-state index is 12.1. The summed E-state index contributed by atoms with van der Waals surface area (Å²) in [4.78, 5) is 31.1. The highest BCUT2D eigenvalue weighted by molar-refractivity contribution is 5.99. The number of nitrogens with one attached hydrogen (secondary N) is 3. The fourth-order valence-electron chi connectivity index (χ4n) is 1.98. The molecule has 7 nitrogen and oxygen atoms in total. The van der Waals surface area contributed by atoms with Gasteiger partial charge in [0.05, 0.1) is 17.3 Å². The molecule has 0 radical (unpaired) electrons. The van der Waals surface area contributed by atoms with Crippen LogP contribution in [-0.2, 0) is 4.79 Å². The molecule has 3 aromatic rings. The molecule has 0 spiro atoms. The molecule has 0 fully saturated rings. The van der Waals surface area contributed by atoms with E-state index in [9.17, 15) is 9.59 Å². The Balaban J connectivity index is 1.64. The standard InChI is InChI=1S/C15H14N4O3/c1-9(16-14(21)12-7-4-8-22-12)13(20)19-15-17-10-5-2-3-6-11(10)18-15/h2-9H,1H3,(H,16,21)(H2,17,18,19,20). The zero-order valence-electron chi connectivity index (χ0n) is 11.8. The second kappa shape index (κ2) is 5.72. The first kappa shape index (κ1) is 13.9. The number of hydrogen-bond acceptors (Lipinski definition) is 4. The zero-order valence-corrected chi connectivity index (χ0v) is 11.8. The van der Waals surface area contributed by atoms with Crippen LogP contribution >= 0.6 is 0 Å². The first-order chi connectivity index (χ1) is 10.6. The number of furan rings is 1. The molecule has 0 saturated heterocycles. The Labute approximate surface area is 125 Å².